The Kier molecular flexibility index (Phi) is 5.83. The van der Waals surface area contributed by atoms with E-state index in [4.69, 9.17) is 0 Å². The van der Waals surface area contributed by atoms with Crippen molar-refractivity contribution in [1.82, 2.24) is 15.5 Å². The second kappa shape index (κ2) is 7.62. The molecule has 1 aliphatic carbocycles. The minimum atomic E-state index is -0.251. The van der Waals surface area contributed by atoms with Crippen molar-refractivity contribution in [3.63, 3.8) is 0 Å². The zero-order valence-corrected chi connectivity index (χ0v) is 12.5. The maximum atomic E-state index is 12.3. The van der Waals surface area contributed by atoms with E-state index in [1.807, 2.05) is 0 Å². The van der Waals surface area contributed by atoms with Crippen LogP contribution in [-0.2, 0) is 9.59 Å². The molecule has 2 amide bonds. The summed E-state index contributed by atoms with van der Waals surface area (Å²) in [4.78, 5) is 26.0. The summed E-state index contributed by atoms with van der Waals surface area (Å²) in [7, 11) is 1.76. The smallest absolute Gasteiger partial charge is 0.242 e. The molecule has 2 aliphatic rings. The summed E-state index contributed by atoms with van der Waals surface area (Å²) in [6.45, 7) is 1.80. The molecule has 1 atom stereocenters. The quantitative estimate of drug-likeness (QED) is 0.787. The van der Waals surface area contributed by atoms with Gasteiger partial charge in [0, 0.05) is 13.1 Å². The number of nitrogens with zero attached hydrogens (tertiary/aromatic N) is 1. The monoisotopic (exact) mass is 281 g/mol. The van der Waals surface area contributed by atoms with Gasteiger partial charge in [-0.3, -0.25) is 9.59 Å². The number of hydrogen-bond donors (Lipinski definition) is 2. The summed E-state index contributed by atoms with van der Waals surface area (Å²) in [6.07, 6.45) is 8.09. The van der Waals surface area contributed by atoms with E-state index < -0.39 is 0 Å². The van der Waals surface area contributed by atoms with Crippen LogP contribution in [0.5, 0.6) is 0 Å². The zero-order chi connectivity index (χ0) is 14.4. The lowest BCUT2D eigenvalue weighted by Gasteiger charge is -2.26. The normalized spacial score (nSPS) is 23.9. The Balaban J connectivity index is 1.79. The second-order valence-electron chi connectivity index (χ2n) is 6.02. The molecule has 0 aromatic carbocycles. The zero-order valence-electron chi connectivity index (χ0n) is 12.5. The summed E-state index contributed by atoms with van der Waals surface area (Å²) < 4.78 is 0. The molecule has 20 heavy (non-hydrogen) atoms. The first-order chi connectivity index (χ1) is 9.72. The van der Waals surface area contributed by atoms with Crippen LogP contribution in [0.3, 0.4) is 0 Å². The summed E-state index contributed by atoms with van der Waals surface area (Å²) in [5.41, 5.74) is 0. The van der Waals surface area contributed by atoms with E-state index in [2.05, 4.69) is 10.6 Å². The highest BCUT2D eigenvalue weighted by molar-refractivity contribution is 5.88. The molecular formula is C15H27N3O2. The average Bonchev–Trinajstić information content (AvgIpc) is 2.96. The van der Waals surface area contributed by atoms with Gasteiger partial charge in [-0.1, -0.05) is 19.3 Å². The van der Waals surface area contributed by atoms with Gasteiger partial charge in [0.1, 0.15) is 6.04 Å². The third kappa shape index (κ3) is 3.95. The number of likely N-dealkylation sites (N-methyl/N-ethyl adjacent to an activating group) is 1. The van der Waals surface area contributed by atoms with E-state index in [-0.39, 0.29) is 17.9 Å². The van der Waals surface area contributed by atoms with E-state index in [0.29, 0.717) is 19.0 Å². The van der Waals surface area contributed by atoms with Gasteiger partial charge in [-0.15, -0.1) is 0 Å². The predicted octanol–water partition coefficient (Wildman–Crippen LogP) is 0.893. The molecule has 114 valence electrons. The first-order valence-corrected chi connectivity index (χ1v) is 7.94. The molecule has 1 unspecified atom stereocenters. The van der Waals surface area contributed by atoms with E-state index >= 15 is 0 Å². The fraction of sp³-hybridized carbons (Fsp3) is 0.867. The first-order valence-electron chi connectivity index (χ1n) is 7.94. The first kappa shape index (κ1) is 15.3. The molecule has 0 aromatic rings. The maximum absolute atomic E-state index is 12.3. The van der Waals surface area contributed by atoms with Gasteiger partial charge in [0.2, 0.25) is 11.8 Å². The highest BCUT2D eigenvalue weighted by atomic mass is 16.2. The van der Waals surface area contributed by atoms with Crippen molar-refractivity contribution in [2.45, 2.75) is 51.0 Å². The van der Waals surface area contributed by atoms with Crippen molar-refractivity contribution in [2.24, 2.45) is 5.92 Å². The maximum Gasteiger partial charge on any atom is 0.242 e. The molecule has 0 radical (unpaired) electrons. The van der Waals surface area contributed by atoms with E-state index in [1.54, 1.807) is 11.9 Å². The van der Waals surface area contributed by atoms with Crippen LogP contribution in [0.2, 0.25) is 0 Å². The molecule has 0 spiro atoms. The van der Waals surface area contributed by atoms with Crippen LogP contribution in [0.4, 0.5) is 0 Å². The number of nitrogens with one attached hydrogen (secondary N) is 2. The van der Waals surface area contributed by atoms with Gasteiger partial charge >= 0.3 is 0 Å². The average molecular weight is 281 g/mol. The Hall–Kier alpha value is -1.10. The van der Waals surface area contributed by atoms with Crippen LogP contribution in [0.1, 0.15) is 44.9 Å². The molecular weight excluding hydrogens is 254 g/mol. The number of hydrogen-bond acceptors (Lipinski definition) is 3. The predicted molar refractivity (Wildman–Crippen MR) is 78.2 cm³/mol. The van der Waals surface area contributed by atoms with Crippen molar-refractivity contribution in [1.29, 1.82) is 0 Å². The lowest BCUT2D eigenvalue weighted by Crippen LogP contribution is -2.48. The van der Waals surface area contributed by atoms with E-state index in [9.17, 15) is 9.59 Å². The van der Waals surface area contributed by atoms with Crippen LogP contribution in [0.25, 0.3) is 0 Å². The minimum Gasteiger partial charge on any atom is -0.354 e. The fourth-order valence-corrected chi connectivity index (χ4v) is 3.34. The lowest BCUT2D eigenvalue weighted by molar-refractivity contribution is -0.137. The molecule has 0 bridgehead atoms. The van der Waals surface area contributed by atoms with Crippen LogP contribution in [0.15, 0.2) is 0 Å². The van der Waals surface area contributed by atoms with Gasteiger partial charge in [-0.25, -0.2) is 0 Å². The van der Waals surface area contributed by atoms with E-state index in [0.717, 1.165) is 19.4 Å². The molecule has 1 saturated carbocycles. The molecule has 1 saturated heterocycles. The highest BCUT2D eigenvalue weighted by Crippen LogP contribution is 2.23. The number of rotatable bonds is 5. The fourth-order valence-electron chi connectivity index (χ4n) is 3.34. The van der Waals surface area contributed by atoms with E-state index in [1.165, 1.54) is 32.1 Å². The molecule has 1 heterocycles. The molecule has 1 aliphatic heterocycles. The number of amides is 2. The Bertz CT molecular complexity index is 340. The van der Waals surface area contributed by atoms with Gasteiger partial charge < -0.3 is 15.5 Å². The Morgan fingerprint density at radius 3 is 2.55 bits per heavy atom. The molecule has 2 N–H and O–H groups in total. The largest absolute Gasteiger partial charge is 0.354 e. The van der Waals surface area contributed by atoms with Gasteiger partial charge in [0.25, 0.3) is 0 Å². The lowest BCUT2D eigenvalue weighted by atomic mass is 9.89. The van der Waals surface area contributed by atoms with Gasteiger partial charge in [0.15, 0.2) is 0 Å². The topological polar surface area (TPSA) is 61.4 Å². The summed E-state index contributed by atoms with van der Waals surface area (Å²) in [5, 5.41) is 5.93. The van der Waals surface area contributed by atoms with Gasteiger partial charge in [-0.2, -0.15) is 0 Å². The molecule has 0 aromatic heterocycles. The highest BCUT2D eigenvalue weighted by Gasteiger charge is 2.33. The summed E-state index contributed by atoms with van der Waals surface area (Å²) >= 11 is 0. The van der Waals surface area contributed by atoms with Crippen LogP contribution >= 0.6 is 0 Å². The van der Waals surface area contributed by atoms with Crippen molar-refractivity contribution in [3.05, 3.63) is 0 Å². The van der Waals surface area contributed by atoms with Crippen molar-refractivity contribution >= 4 is 11.8 Å². The Morgan fingerprint density at radius 1 is 1.10 bits per heavy atom. The van der Waals surface area contributed by atoms with Crippen LogP contribution in [0, 0.1) is 5.92 Å². The Labute approximate surface area is 121 Å². The molecule has 2 fully saturated rings. The molecule has 5 heteroatoms. The summed E-state index contributed by atoms with van der Waals surface area (Å²) in [5.74, 6) is 0.705. The molecule has 5 nitrogen and oxygen atoms in total. The number of carbonyl (C=O) groups is 2. The number of carbonyl (C=O) groups excluding carboxylic acids is 2. The van der Waals surface area contributed by atoms with Gasteiger partial charge in [-0.05, 0) is 38.6 Å². The third-order valence-corrected chi connectivity index (χ3v) is 4.49. The Morgan fingerprint density at radius 2 is 1.85 bits per heavy atom. The van der Waals surface area contributed by atoms with Crippen molar-refractivity contribution < 1.29 is 9.59 Å². The standard InChI is InChI=1S/C15H27N3O2/c1-16-11-14(19)18-9-5-8-13(18)15(20)17-10-12-6-3-2-4-7-12/h12-13,16H,2-11H2,1H3,(H,17,20). The van der Waals surface area contributed by atoms with Gasteiger partial charge in [0.05, 0.1) is 6.54 Å². The SMILES string of the molecule is CNCC(=O)N1CCCC1C(=O)NCC1CCCCC1. The van der Waals surface area contributed by atoms with Crippen LogP contribution in [-0.4, -0.2) is 49.4 Å². The summed E-state index contributed by atoms with van der Waals surface area (Å²) in [6, 6.07) is -0.251. The minimum absolute atomic E-state index is 0.0304. The van der Waals surface area contributed by atoms with Crippen molar-refractivity contribution in [2.75, 3.05) is 26.7 Å². The van der Waals surface area contributed by atoms with Crippen molar-refractivity contribution in [3.8, 4) is 0 Å². The number of likely N-dealkylation sites (tertiary alicyclic amines) is 1. The second-order valence-corrected chi connectivity index (χ2v) is 6.02. The van der Waals surface area contributed by atoms with Crippen LogP contribution < -0.4 is 10.6 Å². The molecule has 2 rings (SSSR count). The third-order valence-electron chi connectivity index (χ3n) is 4.49.